The molecular weight excluding hydrogens is 260 g/mol. The first-order valence-electron chi connectivity index (χ1n) is 7.31. The van der Waals surface area contributed by atoms with Gasteiger partial charge in [0.05, 0.1) is 12.4 Å². The molecule has 0 saturated carbocycles. The van der Waals surface area contributed by atoms with E-state index in [2.05, 4.69) is 35.7 Å². The second kappa shape index (κ2) is 6.35. The van der Waals surface area contributed by atoms with Crippen LogP contribution in [0, 0.1) is 5.92 Å². The highest BCUT2D eigenvalue weighted by Crippen LogP contribution is 2.24. The predicted octanol–water partition coefficient (Wildman–Crippen LogP) is 3.14. The summed E-state index contributed by atoms with van der Waals surface area (Å²) in [7, 11) is 0. The van der Waals surface area contributed by atoms with E-state index in [1.165, 1.54) is 11.1 Å². The molecule has 3 rings (SSSR count). The fourth-order valence-electron chi connectivity index (χ4n) is 2.53. The maximum atomic E-state index is 5.87. The predicted molar refractivity (Wildman–Crippen MR) is 85.8 cm³/mol. The highest BCUT2D eigenvalue weighted by molar-refractivity contribution is 5.64. The van der Waals surface area contributed by atoms with Gasteiger partial charge < -0.3 is 15.8 Å². The Kier molecular flexibility index (Phi) is 4.10. The van der Waals surface area contributed by atoms with Crippen LogP contribution >= 0.6 is 0 Å². The Morgan fingerprint density at radius 3 is 2.62 bits per heavy atom. The lowest BCUT2D eigenvalue weighted by Gasteiger charge is -2.10. The first-order chi connectivity index (χ1) is 10.3. The Morgan fingerprint density at radius 1 is 1.05 bits per heavy atom. The number of nitrogens with one attached hydrogen (secondary N) is 1. The average molecular weight is 280 g/mol. The summed E-state index contributed by atoms with van der Waals surface area (Å²) < 4.78 is 5.87. The summed E-state index contributed by atoms with van der Waals surface area (Å²) in [4.78, 5) is 0. The Balaban J connectivity index is 1.59. The molecule has 0 bridgehead atoms. The SMILES string of the molecule is NC1=C[C@H](CCOc2cccc(-c3ccccc3)c2)CN1. The van der Waals surface area contributed by atoms with Gasteiger partial charge in [0, 0.05) is 12.5 Å². The van der Waals surface area contributed by atoms with E-state index >= 15 is 0 Å². The molecule has 3 N–H and O–H groups in total. The van der Waals surface area contributed by atoms with Crippen LogP contribution in [0.4, 0.5) is 0 Å². The summed E-state index contributed by atoms with van der Waals surface area (Å²) in [5, 5.41) is 3.13. The van der Waals surface area contributed by atoms with Crippen LogP contribution in [0.3, 0.4) is 0 Å². The topological polar surface area (TPSA) is 47.3 Å². The van der Waals surface area contributed by atoms with Crippen molar-refractivity contribution in [3.63, 3.8) is 0 Å². The minimum Gasteiger partial charge on any atom is -0.494 e. The molecule has 0 fully saturated rings. The number of nitrogens with two attached hydrogens (primary N) is 1. The maximum Gasteiger partial charge on any atom is 0.119 e. The average Bonchev–Trinajstić information content (AvgIpc) is 2.94. The number of benzene rings is 2. The summed E-state index contributed by atoms with van der Waals surface area (Å²) in [5.74, 6) is 2.17. The number of hydrogen-bond acceptors (Lipinski definition) is 3. The van der Waals surface area contributed by atoms with Crippen LogP contribution in [0.2, 0.25) is 0 Å². The van der Waals surface area contributed by atoms with Crippen LogP contribution in [-0.4, -0.2) is 13.2 Å². The quantitative estimate of drug-likeness (QED) is 0.884. The van der Waals surface area contributed by atoms with Crippen LogP contribution in [0.25, 0.3) is 11.1 Å². The fourth-order valence-corrected chi connectivity index (χ4v) is 2.53. The van der Waals surface area contributed by atoms with E-state index in [9.17, 15) is 0 Å². The van der Waals surface area contributed by atoms with Crippen molar-refractivity contribution in [2.45, 2.75) is 6.42 Å². The normalized spacial score (nSPS) is 17.1. The van der Waals surface area contributed by atoms with Crippen LogP contribution in [-0.2, 0) is 0 Å². The zero-order valence-corrected chi connectivity index (χ0v) is 12.0. The van der Waals surface area contributed by atoms with E-state index in [4.69, 9.17) is 10.5 Å². The van der Waals surface area contributed by atoms with Crippen LogP contribution in [0.1, 0.15) is 6.42 Å². The van der Waals surface area contributed by atoms with Gasteiger partial charge in [0.25, 0.3) is 0 Å². The second-order valence-electron chi connectivity index (χ2n) is 5.29. The summed E-state index contributed by atoms with van der Waals surface area (Å²) >= 11 is 0. The Bertz CT molecular complexity index is 622. The van der Waals surface area contributed by atoms with Crippen molar-refractivity contribution in [2.75, 3.05) is 13.2 Å². The van der Waals surface area contributed by atoms with Crippen molar-refractivity contribution < 1.29 is 4.74 Å². The van der Waals surface area contributed by atoms with Crippen molar-refractivity contribution in [3.05, 3.63) is 66.5 Å². The van der Waals surface area contributed by atoms with Gasteiger partial charge in [-0.15, -0.1) is 0 Å². The molecule has 0 aliphatic carbocycles. The molecule has 0 radical (unpaired) electrons. The molecule has 2 aromatic rings. The smallest absolute Gasteiger partial charge is 0.119 e. The van der Waals surface area contributed by atoms with Gasteiger partial charge in [0.2, 0.25) is 0 Å². The lowest BCUT2D eigenvalue weighted by atomic mass is 10.1. The van der Waals surface area contributed by atoms with Crippen LogP contribution in [0.5, 0.6) is 5.75 Å². The Labute approximate surface area is 125 Å². The van der Waals surface area contributed by atoms with Crippen molar-refractivity contribution in [1.82, 2.24) is 5.32 Å². The fraction of sp³-hybridized carbons (Fsp3) is 0.222. The Hall–Kier alpha value is -2.42. The van der Waals surface area contributed by atoms with Crippen molar-refractivity contribution >= 4 is 0 Å². The van der Waals surface area contributed by atoms with Gasteiger partial charge in [-0.2, -0.15) is 0 Å². The second-order valence-corrected chi connectivity index (χ2v) is 5.29. The van der Waals surface area contributed by atoms with E-state index in [0.29, 0.717) is 12.5 Å². The van der Waals surface area contributed by atoms with Gasteiger partial charge in [-0.05, 0) is 35.8 Å². The minimum absolute atomic E-state index is 0.474. The highest BCUT2D eigenvalue weighted by atomic mass is 16.5. The zero-order chi connectivity index (χ0) is 14.5. The molecule has 0 aromatic heterocycles. The Morgan fingerprint density at radius 2 is 1.86 bits per heavy atom. The van der Waals surface area contributed by atoms with Crippen molar-refractivity contribution in [1.29, 1.82) is 0 Å². The molecule has 21 heavy (non-hydrogen) atoms. The number of rotatable bonds is 5. The van der Waals surface area contributed by atoms with Crippen molar-refractivity contribution in [2.24, 2.45) is 11.7 Å². The first-order valence-corrected chi connectivity index (χ1v) is 7.31. The molecule has 0 amide bonds. The molecule has 108 valence electrons. The van der Waals surface area contributed by atoms with Gasteiger partial charge in [0.1, 0.15) is 5.75 Å². The molecule has 2 aromatic carbocycles. The third kappa shape index (κ3) is 3.57. The molecule has 0 spiro atoms. The van der Waals surface area contributed by atoms with E-state index in [-0.39, 0.29) is 0 Å². The van der Waals surface area contributed by atoms with Crippen LogP contribution in [0.15, 0.2) is 66.5 Å². The molecule has 1 heterocycles. The molecule has 0 saturated heterocycles. The minimum atomic E-state index is 0.474. The maximum absolute atomic E-state index is 5.87. The van der Waals surface area contributed by atoms with Gasteiger partial charge in [-0.3, -0.25) is 0 Å². The highest BCUT2D eigenvalue weighted by Gasteiger charge is 2.12. The van der Waals surface area contributed by atoms with E-state index in [1.807, 2.05) is 30.3 Å². The van der Waals surface area contributed by atoms with Gasteiger partial charge in [-0.25, -0.2) is 0 Å². The van der Waals surface area contributed by atoms with Crippen molar-refractivity contribution in [3.8, 4) is 16.9 Å². The molecule has 1 aliphatic rings. The molecule has 0 unspecified atom stereocenters. The summed E-state index contributed by atoms with van der Waals surface area (Å²) in [6.07, 6.45) is 3.05. The van der Waals surface area contributed by atoms with Gasteiger partial charge in [0.15, 0.2) is 0 Å². The molecule has 1 atom stereocenters. The van der Waals surface area contributed by atoms with E-state index < -0.39 is 0 Å². The van der Waals surface area contributed by atoms with E-state index in [0.717, 1.165) is 24.5 Å². The standard InChI is InChI=1S/C18H20N2O/c19-18-11-14(13-20-18)9-10-21-17-8-4-7-16(12-17)15-5-2-1-3-6-15/h1-8,11-12,14,20H,9-10,13,19H2/t14-/m0/s1. The molecular formula is C18H20N2O. The number of hydrogen-bond donors (Lipinski definition) is 2. The summed E-state index contributed by atoms with van der Waals surface area (Å²) in [6.45, 7) is 1.62. The van der Waals surface area contributed by atoms with Gasteiger partial charge in [-0.1, -0.05) is 42.5 Å². The monoisotopic (exact) mass is 280 g/mol. The summed E-state index contributed by atoms with van der Waals surface area (Å²) in [6, 6.07) is 18.6. The lowest BCUT2D eigenvalue weighted by Crippen LogP contribution is -2.17. The van der Waals surface area contributed by atoms with Crippen LogP contribution < -0.4 is 15.8 Å². The van der Waals surface area contributed by atoms with E-state index in [1.54, 1.807) is 0 Å². The molecule has 1 aliphatic heterocycles. The summed E-state index contributed by atoms with van der Waals surface area (Å²) in [5.41, 5.74) is 8.09. The first kappa shape index (κ1) is 13.6. The zero-order valence-electron chi connectivity index (χ0n) is 12.0. The molecule has 3 heteroatoms. The number of ether oxygens (including phenoxy) is 1. The third-order valence-electron chi connectivity index (χ3n) is 3.68. The molecule has 3 nitrogen and oxygen atoms in total. The third-order valence-corrected chi connectivity index (χ3v) is 3.68. The largest absolute Gasteiger partial charge is 0.494 e. The van der Waals surface area contributed by atoms with Gasteiger partial charge >= 0.3 is 0 Å². The lowest BCUT2D eigenvalue weighted by molar-refractivity contribution is 0.293.